The van der Waals surface area contributed by atoms with E-state index in [2.05, 4.69) is 10.3 Å². The largest absolute Gasteiger partial charge is 0.306 e. The number of benzene rings is 1. The fourth-order valence-corrected chi connectivity index (χ4v) is 1.64. The van der Waals surface area contributed by atoms with Crippen LogP contribution in [0.2, 0.25) is 5.02 Å². The first kappa shape index (κ1) is 12.5. The second-order valence-electron chi connectivity index (χ2n) is 3.74. The van der Waals surface area contributed by atoms with E-state index >= 15 is 0 Å². The second-order valence-corrected chi connectivity index (χ2v) is 4.18. The zero-order valence-electron chi connectivity index (χ0n) is 9.58. The Hall–Kier alpha value is -1.94. The number of halogens is 2. The summed E-state index contributed by atoms with van der Waals surface area (Å²) in [5.41, 5.74) is 0.658. The molecule has 0 saturated carbocycles. The number of aromatic nitrogens is 1. The van der Waals surface area contributed by atoms with E-state index in [-0.39, 0.29) is 5.56 Å². The Morgan fingerprint density at radius 3 is 2.83 bits per heavy atom. The summed E-state index contributed by atoms with van der Waals surface area (Å²) < 4.78 is 13.5. The minimum Gasteiger partial charge on any atom is -0.306 e. The Morgan fingerprint density at radius 1 is 1.33 bits per heavy atom. The molecule has 0 bridgehead atoms. The van der Waals surface area contributed by atoms with Crippen molar-refractivity contribution in [3.8, 4) is 0 Å². The quantitative estimate of drug-likeness (QED) is 0.903. The van der Waals surface area contributed by atoms with Crippen LogP contribution in [0.4, 0.5) is 10.2 Å². The summed E-state index contributed by atoms with van der Waals surface area (Å²) in [5.74, 6) is -0.822. The summed E-state index contributed by atoms with van der Waals surface area (Å²) in [5, 5.41) is 2.82. The molecule has 1 aromatic heterocycles. The highest BCUT2D eigenvalue weighted by Crippen LogP contribution is 2.16. The average Bonchev–Trinajstić information content (AvgIpc) is 2.32. The smallest absolute Gasteiger partial charge is 0.259 e. The first-order chi connectivity index (χ1) is 8.56. The van der Waals surface area contributed by atoms with Crippen molar-refractivity contribution in [3.05, 3.63) is 58.5 Å². The Bertz CT molecular complexity index is 601. The third-order valence-electron chi connectivity index (χ3n) is 2.30. The van der Waals surface area contributed by atoms with E-state index in [4.69, 9.17) is 11.6 Å². The lowest BCUT2D eigenvalue weighted by atomic mass is 10.2. The van der Waals surface area contributed by atoms with E-state index in [9.17, 15) is 9.18 Å². The molecule has 0 aliphatic heterocycles. The number of carbonyl (C=O) groups excluding carboxylic acids is 1. The van der Waals surface area contributed by atoms with E-state index in [1.54, 1.807) is 25.1 Å². The molecule has 92 valence electrons. The van der Waals surface area contributed by atoms with E-state index in [1.165, 1.54) is 12.1 Å². The van der Waals surface area contributed by atoms with Crippen LogP contribution in [0, 0.1) is 12.7 Å². The molecular formula is C13H10ClFN2O. The number of rotatable bonds is 2. The molecular weight excluding hydrogens is 255 g/mol. The molecule has 0 fully saturated rings. The number of hydrogen-bond acceptors (Lipinski definition) is 2. The van der Waals surface area contributed by atoms with Crippen molar-refractivity contribution in [1.82, 2.24) is 4.98 Å². The number of nitrogens with one attached hydrogen (secondary N) is 1. The van der Waals surface area contributed by atoms with Gasteiger partial charge in [0.05, 0.1) is 5.56 Å². The van der Waals surface area contributed by atoms with Gasteiger partial charge in [-0.25, -0.2) is 9.37 Å². The summed E-state index contributed by atoms with van der Waals surface area (Å²) in [4.78, 5) is 16.0. The van der Waals surface area contributed by atoms with Crippen LogP contribution in [-0.2, 0) is 0 Å². The van der Waals surface area contributed by atoms with E-state index in [0.29, 0.717) is 10.8 Å². The van der Waals surface area contributed by atoms with Gasteiger partial charge in [0, 0.05) is 10.7 Å². The molecule has 3 nitrogen and oxygen atoms in total. The standard InChI is InChI=1S/C13H10ClFN2O/c1-8-3-2-4-12(16-8)17-13(18)10-7-9(14)5-6-11(10)15/h2-7H,1H3,(H,16,17,18). The highest BCUT2D eigenvalue weighted by atomic mass is 35.5. The number of nitrogens with zero attached hydrogens (tertiary/aromatic N) is 1. The second kappa shape index (κ2) is 5.14. The number of pyridine rings is 1. The molecule has 0 radical (unpaired) electrons. The van der Waals surface area contributed by atoms with Crippen LogP contribution in [-0.4, -0.2) is 10.9 Å². The van der Waals surface area contributed by atoms with Crippen molar-refractivity contribution in [2.24, 2.45) is 0 Å². The van der Waals surface area contributed by atoms with Gasteiger partial charge in [0.25, 0.3) is 5.91 Å². The zero-order chi connectivity index (χ0) is 13.1. The van der Waals surface area contributed by atoms with Gasteiger partial charge in [-0.05, 0) is 37.3 Å². The molecule has 0 spiro atoms. The molecule has 0 aliphatic carbocycles. The summed E-state index contributed by atoms with van der Waals surface area (Å²) in [6.45, 7) is 1.80. The van der Waals surface area contributed by atoms with Gasteiger partial charge >= 0.3 is 0 Å². The lowest BCUT2D eigenvalue weighted by molar-refractivity contribution is 0.102. The Labute approximate surface area is 109 Å². The van der Waals surface area contributed by atoms with Crippen molar-refractivity contribution in [3.63, 3.8) is 0 Å². The predicted molar refractivity (Wildman–Crippen MR) is 68.3 cm³/mol. The average molecular weight is 265 g/mol. The Balaban J connectivity index is 2.24. The van der Waals surface area contributed by atoms with E-state index in [0.717, 1.165) is 11.8 Å². The summed E-state index contributed by atoms with van der Waals surface area (Å²) >= 11 is 5.73. The molecule has 0 aliphatic rings. The van der Waals surface area contributed by atoms with Crippen LogP contribution in [0.1, 0.15) is 16.1 Å². The van der Waals surface area contributed by atoms with Crippen LogP contribution < -0.4 is 5.32 Å². The third-order valence-corrected chi connectivity index (χ3v) is 2.54. The number of aryl methyl sites for hydroxylation is 1. The zero-order valence-corrected chi connectivity index (χ0v) is 10.3. The lowest BCUT2D eigenvalue weighted by Crippen LogP contribution is -2.14. The van der Waals surface area contributed by atoms with Crippen molar-refractivity contribution in [2.45, 2.75) is 6.92 Å². The number of amides is 1. The van der Waals surface area contributed by atoms with Gasteiger partial charge in [-0.1, -0.05) is 17.7 Å². The Kier molecular flexibility index (Phi) is 3.58. The SMILES string of the molecule is Cc1cccc(NC(=O)c2cc(Cl)ccc2F)n1. The molecule has 0 atom stereocenters. The minimum absolute atomic E-state index is 0.106. The van der Waals surface area contributed by atoms with Gasteiger partial charge in [-0.3, -0.25) is 4.79 Å². The molecule has 0 saturated heterocycles. The van der Waals surface area contributed by atoms with Crippen LogP contribution in [0.5, 0.6) is 0 Å². The summed E-state index contributed by atoms with van der Waals surface area (Å²) in [7, 11) is 0. The third kappa shape index (κ3) is 2.84. The molecule has 1 aromatic carbocycles. The van der Waals surface area contributed by atoms with Crippen molar-refractivity contribution < 1.29 is 9.18 Å². The molecule has 18 heavy (non-hydrogen) atoms. The van der Waals surface area contributed by atoms with Gasteiger partial charge in [-0.15, -0.1) is 0 Å². The number of carbonyl (C=O) groups is 1. The maximum Gasteiger partial charge on any atom is 0.259 e. The van der Waals surface area contributed by atoms with Crippen LogP contribution in [0.3, 0.4) is 0 Å². The number of anilines is 1. The normalized spacial score (nSPS) is 10.2. The molecule has 2 aromatic rings. The van der Waals surface area contributed by atoms with Crippen molar-refractivity contribution in [1.29, 1.82) is 0 Å². The van der Waals surface area contributed by atoms with E-state index in [1.807, 2.05) is 0 Å². The summed E-state index contributed by atoms with van der Waals surface area (Å²) in [6.07, 6.45) is 0. The van der Waals surface area contributed by atoms with Gasteiger partial charge in [0.1, 0.15) is 11.6 Å². The first-order valence-corrected chi connectivity index (χ1v) is 5.64. The molecule has 1 N–H and O–H groups in total. The fourth-order valence-electron chi connectivity index (χ4n) is 1.47. The fraction of sp³-hybridized carbons (Fsp3) is 0.0769. The predicted octanol–water partition coefficient (Wildman–Crippen LogP) is 3.43. The monoisotopic (exact) mass is 264 g/mol. The van der Waals surface area contributed by atoms with Gasteiger partial charge in [-0.2, -0.15) is 0 Å². The van der Waals surface area contributed by atoms with Gasteiger partial charge in [0.2, 0.25) is 0 Å². The van der Waals surface area contributed by atoms with Crippen LogP contribution >= 0.6 is 11.6 Å². The van der Waals surface area contributed by atoms with Crippen LogP contribution in [0.25, 0.3) is 0 Å². The Morgan fingerprint density at radius 2 is 2.11 bits per heavy atom. The van der Waals surface area contributed by atoms with E-state index < -0.39 is 11.7 Å². The van der Waals surface area contributed by atoms with Crippen LogP contribution in [0.15, 0.2) is 36.4 Å². The maximum absolute atomic E-state index is 13.5. The minimum atomic E-state index is -0.621. The lowest BCUT2D eigenvalue weighted by Gasteiger charge is -2.06. The van der Waals surface area contributed by atoms with Gasteiger partial charge < -0.3 is 5.32 Å². The van der Waals surface area contributed by atoms with Crippen molar-refractivity contribution in [2.75, 3.05) is 5.32 Å². The topological polar surface area (TPSA) is 42.0 Å². The van der Waals surface area contributed by atoms with Gasteiger partial charge in [0.15, 0.2) is 0 Å². The maximum atomic E-state index is 13.5. The first-order valence-electron chi connectivity index (χ1n) is 5.26. The number of hydrogen-bond donors (Lipinski definition) is 1. The highest BCUT2D eigenvalue weighted by Gasteiger charge is 2.12. The summed E-state index contributed by atoms with van der Waals surface area (Å²) in [6, 6.07) is 9.01. The molecule has 1 amide bonds. The highest BCUT2D eigenvalue weighted by molar-refractivity contribution is 6.31. The molecule has 2 rings (SSSR count). The molecule has 0 unspecified atom stereocenters. The van der Waals surface area contributed by atoms with Crippen molar-refractivity contribution >= 4 is 23.3 Å². The molecule has 1 heterocycles. The molecule has 5 heteroatoms.